The van der Waals surface area contributed by atoms with Crippen molar-refractivity contribution in [3.8, 4) is 22.3 Å². The van der Waals surface area contributed by atoms with Crippen molar-refractivity contribution < 1.29 is 15.6 Å². The SMILES string of the molecule is CCC1=Cc2c(-c3ccc(C(C)(C)C)cc3)cccc2[CH]1[Zr]([Cl])([Cl])([CH]1C(C(C)C)=Cc2c(-c3ccccc3)cccc21)[SiH](C)C. The number of allylic oxidation sites excluding steroid dienone is 2. The first-order valence-electron chi connectivity index (χ1n) is 16.7. The number of fused-ring (bicyclic) bond motifs is 2. The second kappa shape index (κ2) is 11.9. The molecule has 45 heavy (non-hydrogen) atoms. The van der Waals surface area contributed by atoms with Gasteiger partial charge in [-0.05, 0) is 0 Å². The van der Waals surface area contributed by atoms with E-state index in [9.17, 15) is 0 Å². The Labute approximate surface area is 280 Å². The number of rotatable bonds is 7. The van der Waals surface area contributed by atoms with E-state index in [-0.39, 0.29) is 12.7 Å². The Morgan fingerprint density at radius 3 is 1.73 bits per heavy atom. The van der Waals surface area contributed by atoms with Crippen LogP contribution in [0.25, 0.3) is 34.4 Å². The molecule has 0 bridgehead atoms. The molecule has 2 aliphatic rings. The van der Waals surface area contributed by atoms with Crippen LogP contribution in [0.1, 0.15) is 83.0 Å². The summed E-state index contributed by atoms with van der Waals surface area (Å²) >= 11 is -4.80. The molecule has 0 radical (unpaired) electrons. The monoisotopic (exact) mass is 727 g/mol. The van der Waals surface area contributed by atoms with Crippen molar-refractivity contribution in [1.29, 1.82) is 0 Å². The second-order valence-electron chi connectivity index (χ2n) is 14.9. The van der Waals surface area contributed by atoms with Crippen LogP contribution in [0.15, 0.2) is 102 Å². The Kier molecular flexibility index (Phi) is 8.74. The van der Waals surface area contributed by atoms with Crippen molar-refractivity contribution in [2.75, 3.05) is 0 Å². The van der Waals surface area contributed by atoms with Gasteiger partial charge in [0.1, 0.15) is 0 Å². The van der Waals surface area contributed by atoms with E-state index in [2.05, 4.69) is 158 Å². The molecule has 0 saturated carbocycles. The van der Waals surface area contributed by atoms with Gasteiger partial charge in [-0.15, -0.1) is 0 Å². The van der Waals surface area contributed by atoms with Gasteiger partial charge in [-0.2, -0.15) is 0 Å². The Morgan fingerprint density at radius 2 is 1.22 bits per heavy atom. The summed E-state index contributed by atoms with van der Waals surface area (Å²) in [7, 11) is 17.3. The minimum absolute atomic E-state index is 0.0979. The van der Waals surface area contributed by atoms with Crippen LogP contribution in [0.2, 0.25) is 13.1 Å². The van der Waals surface area contributed by atoms with E-state index in [0.717, 1.165) is 6.42 Å². The van der Waals surface area contributed by atoms with Gasteiger partial charge in [0.15, 0.2) is 0 Å². The summed E-state index contributed by atoms with van der Waals surface area (Å²) in [5, 5.41) is 0. The molecule has 0 heterocycles. The summed E-state index contributed by atoms with van der Waals surface area (Å²) < 4.78 is 0.203. The molecule has 0 amide bonds. The standard InChI is InChI=1S/C21H23.C18H17.C2H7Si.2ClH.Zr/c1-5-15-13-17-7-6-8-19(20(17)14-15)16-9-11-18(12-10-16)21(2,3)4;1-13(2)16-11-15-9-6-10-17(18(15)12-16)14-7-4-3-5-8-14;1-3-2;;;/h6-14H,5H2,1-4H3;3-13H,1-2H3;3H,1-2H3;2*1H;/q;;;;;+2/p-2. The van der Waals surface area contributed by atoms with Gasteiger partial charge in [-0.25, -0.2) is 0 Å². The van der Waals surface area contributed by atoms with Gasteiger partial charge in [0.25, 0.3) is 0 Å². The van der Waals surface area contributed by atoms with Crippen molar-refractivity contribution in [1.82, 2.24) is 0 Å². The van der Waals surface area contributed by atoms with Gasteiger partial charge in [0.2, 0.25) is 0 Å². The van der Waals surface area contributed by atoms with Crippen LogP contribution in [0.4, 0.5) is 0 Å². The molecule has 4 aromatic carbocycles. The number of hydrogen-bond acceptors (Lipinski definition) is 0. The summed E-state index contributed by atoms with van der Waals surface area (Å²) in [4.78, 5) is 0. The van der Waals surface area contributed by atoms with Crippen LogP contribution in [-0.2, 0) is 21.0 Å². The van der Waals surface area contributed by atoms with Crippen LogP contribution in [0.5, 0.6) is 0 Å². The van der Waals surface area contributed by atoms with Gasteiger partial charge >= 0.3 is 283 Å². The van der Waals surface area contributed by atoms with Gasteiger partial charge in [-0.3, -0.25) is 0 Å². The third-order valence-electron chi connectivity index (χ3n) is 10.7. The van der Waals surface area contributed by atoms with Gasteiger partial charge < -0.3 is 0 Å². The molecule has 0 nitrogen and oxygen atoms in total. The zero-order valence-corrected chi connectivity index (χ0v) is 33.2. The molecule has 0 aliphatic heterocycles. The molecule has 233 valence electrons. The molecule has 0 spiro atoms. The number of benzene rings is 4. The predicted octanol–water partition coefficient (Wildman–Crippen LogP) is 12.9. The topological polar surface area (TPSA) is 0 Å². The quantitative estimate of drug-likeness (QED) is 0.166. The van der Waals surface area contributed by atoms with Crippen LogP contribution in [0, 0.1) is 5.92 Å². The summed E-state index contributed by atoms with van der Waals surface area (Å²) in [6.07, 6.45) is 5.90. The first-order valence-corrected chi connectivity index (χ1v) is 33.0. The van der Waals surface area contributed by atoms with Crippen LogP contribution >= 0.6 is 17.0 Å². The van der Waals surface area contributed by atoms with E-state index >= 15 is 0 Å². The van der Waals surface area contributed by atoms with Gasteiger partial charge in [0.05, 0.1) is 0 Å². The summed E-state index contributed by atoms with van der Waals surface area (Å²) in [5.74, 6) is -1.26. The minimum atomic E-state index is -4.80. The van der Waals surface area contributed by atoms with Crippen LogP contribution in [-0.4, -0.2) is 5.92 Å². The maximum atomic E-state index is 8.63. The van der Waals surface area contributed by atoms with E-state index in [1.807, 2.05) is 0 Å². The Hall–Kier alpha value is -1.96. The first-order chi connectivity index (χ1) is 21.3. The molecule has 4 heteroatoms. The Bertz CT molecular complexity index is 1810. The summed E-state index contributed by atoms with van der Waals surface area (Å²) in [6.45, 7) is 18.7. The van der Waals surface area contributed by atoms with Gasteiger partial charge in [0, 0.05) is 0 Å². The first kappa shape index (κ1) is 33.0. The van der Waals surface area contributed by atoms with Crippen LogP contribution < -0.4 is 0 Å². The zero-order chi connectivity index (χ0) is 32.3. The van der Waals surface area contributed by atoms with Crippen molar-refractivity contribution in [2.45, 2.75) is 73.7 Å². The number of halogens is 2. The summed E-state index contributed by atoms with van der Waals surface area (Å²) in [5.41, 5.74) is 14.8. The normalized spacial score (nSPS) is 18.8. The molecule has 4 aromatic rings. The molecule has 2 aliphatic carbocycles. The van der Waals surface area contributed by atoms with E-state index in [1.54, 1.807) is 0 Å². The molecule has 2 unspecified atom stereocenters. The Balaban J connectivity index is 1.56. The predicted molar refractivity (Wildman–Crippen MR) is 200 cm³/mol. The van der Waals surface area contributed by atoms with Crippen LogP contribution in [0.3, 0.4) is 0 Å². The van der Waals surface area contributed by atoms with Crippen molar-refractivity contribution in [3.63, 3.8) is 0 Å². The molecule has 6 rings (SSSR count). The Morgan fingerprint density at radius 1 is 0.689 bits per heavy atom. The molecule has 0 saturated heterocycles. The zero-order valence-electron chi connectivity index (χ0n) is 28.1. The fraction of sp³-hybridized carbons (Fsp3) is 0.317. The average molecular weight is 730 g/mol. The summed E-state index contributed by atoms with van der Waals surface area (Å²) in [6, 6.07) is 33.7. The van der Waals surface area contributed by atoms with E-state index in [4.69, 9.17) is 17.0 Å². The molecule has 2 atom stereocenters. The maximum absolute atomic E-state index is 8.63. The fourth-order valence-electron chi connectivity index (χ4n) is 8.07. The third-order valence-corrected chi connectivity index (χ3v) is 62.4. The molecular weight excluding hydrogens is 683 g/mol. The molecule has 0 aromatic heterocycles. The molecular formula is C41H47Cl2SiZr. The van der Waals surface area contributed by atoms with E-state index in [1.165, 1.54) is 61.2 Å². The van der Waals surface area contributed by atoms with Gasteiger partial charge in [-0.1, -0.05) is 0 Å². The van der Waals surface area contributed by atoms with Crippen molar-refractivity contribution in [3.05, 3.63) is 130 Å². The van der Waals surface area contributed by atoms with Crippen molar-refractivity contribution >= 4 is 35.1 Å². The van der Waals surface area contributed by atoms with E-state index < -0.39 is 21.5 Å². The average Bonchev–Trinajstić information content (AvgIpc) is 3.62. The second-order valence-corrected chi connectivity index (χ2v) is 57.4. The number of hydrogen-bond donors (Lipinski definition) is 0. The third kappa shape index (κ3) is 5.37. The van der Waals surface area contributed by atoms with E-state index in [0.29, 0.717) is 5.92 Å². The molecule has 0 N–H and O–H groups in total. The fourth-order valence-corrected chi connectivity index (χ4v) is 39.7. The molecule has 0 fully saturated rings. The van der Waals surface area contributed by atoms with Crippen molar-refractivity contribution in [2.24, 2.45) is 5.92 Å².